The summed E-state index contributed by atoms with van der Waals surface area (Å²) in [6, 6.07) is 15.1. The smallest absolute Gasteiger partial charge is 0.221 e. The monoisotopic (exact) mass is 339 g/mol. The molecule has 0 heterocycles. The Morgan fingerprint density at radius 3 is 2.12 bits per heavy atom. The van der Waals surface area contributed by atoms with E-state index in [0.29, 0.717) is 22.3 Å². The summed E-state index contributed by atoms with van der Waals surface area (Å²) in [4.78, 5) is 11.1. The van der Waals surface area contributed by atoms with Crippen molar-refractivity contribution < 1.29 is 18.7 Å². The second kappa shape index (κ2) is 6.73. The highest BCUT2D eigenvalue weighted by Crippen LogP contribution is 2.38. The molecule has 0 fully saturated rings. The lowest BCUT2D eigenvalue weighted by Crippen LogP contribution is -2.07. The van der Waals surface area contributed by atoms with E-state index < -0.39 is 5.82 Å². The number of hydrogen-bond acceptors (Lipinski definition) is 2. The molecule has 25 heavy (non-hydrogen) atoms. The second-order valence-corrected chi connectivity index (χ2v) is 5.58. The van der Waals surface area contributed by atoms with Crippen LogP contribution in [0, 0.1) is 11.6 Å². The number of nitrogens with one attached hydrogen (secondary N) is 1. The molecule has 2 N–H and O–H groups in total. The maximum Gasteiger partial charge on any atom is 0.221 e. The third-order valence-corrected chi connectivity index (χ3v) is 3.78. The summed E-state index contributed by atoms with van der Waals surface area (Å²) in [5.74, 6) is -1.36. The van der Waals surface area contributed by atoms with Crippen LogP contribution in [0.2, 0.25) is 0 Å². The Bertz CT molecular complexity index is 937. The van der Waals surface area contributed by atoms with Crippen LogP contribution in [0.15, 0.2) is 60.7 Å². The molecule has 0 saturated carbocycles. The maximum atomic E-state index is 14.2. The molecule has 0 radical (unpaired) electrons. The summed E-state index contributed by atoms with van der Waals surface area (Å²) in [7, 11) is 0. The number of hydrogen-bond donors (Lipinski definition) is 2. The minimum absolute atomic E-state index is 0.0271. The normalized spacial score (nSPS) is 10.5. The van der Waals surface area contributed by atoms with E-state index in [2.05, 4.69) is 5.32 Å². The average molecular weight is 339 g/mol. The topological polar surface area (TPSA) is 49.3 Å². The van der Waals surface area contributed by atoms with Gasteiger partial charge in [0.25, 0.3) is 0 Å². The molecule has 0 bridgehead atoms. The van der Waals surface area contributed by atoms with E-state index in [9.17, 15) is 18.7 Å². The highest BCUT2D eigenvalue weighted by molar-refractivity contribution is 5.89. The first kappa shape index (κ1) is 16.6. The van der Waals surface area contributed by atoms with Gasteiger partial charge in [-0.1, -0.05) is 36.4 Å². The summed E-state index contributed by atoms with van der Waals surface area (Å²) < 4.78 is 27.2. The fraction of sp³-hybridized carbons (Fsp3) is 0.0500. The van der Waals surface area contributed by atoms with Crippen LogP contribution in [-0.4, -0.2) is 11.0 Å². The van der Waals surface area contributed by atoms with Gasteiger partial charge in [0.2, 0.25) is 5.91 Å². The molecule has 0 unspecified atom stereocenters. The van der Waals surface area contributed by atoms with Crippen LogP contribution in [-0.2, 0) is 4.79 Å². The molecule has 3 aromatic carbocycles. The van der Waals surface area contributed by atoms with Gasteiger partial charge in [-0.05, 0) is 35.4 Å². The van der Waals surface area contributed by atoms with Gasteiger partial charge in [0.1, 0.15) is 17.4 Å². The molecule has 0 aliphatic heterocycles. The summed E-state index contributed by atoms with van der Waals surface area (Å²) in [5.41, 5.74) is 2.15. The van der Waals surface area contributed by atoms with Crippen LogP contribution < -0.4 is 5.32 Å². The molecule has 3 nitrogen and oxygen atoms in total. The number of halogens is 2. The SMILES string of the molecule is CC(=O)Nc1ccc(-c2cccc(-c3ccc(F)cc3)c2O)cc1F. The van der Waals surface area contributed by atoms with Gasteiger partial charge in [-0.25, -0.2) is 8.78 Å². The van der Waals surface area contributed by atoms with Crippen LogP contribution >= 0.6 is 0 Å². The standard InChI is InChI=1S/C20H15F2NO2/c1-12(24)23-19-10-7-14(11-18(19)22)17-4-2-3-16(20(17)25)13-5-8-15(21)9-6-13/h2-11,25H,1H3,(H,23,24). The predicted molar refractivity (Wildman–Crippen MR) is 93.2 cm³/mol. The largest absolute Gasteiger partial charge is 0.507 e. The fourth-order valence-electron chi connectivity index (χ4n) is 2.61. The van der Waals surface area contributed by atoms with E-state index in [4.69, 9.17) is 0 Å². The van der Waals surface area contributed by atoms with Gasteiger partial charge in [-0.2, -0.15) is 0 Å². The number of aromatic hydroxyl groups is 1. The van der Waals surface area contributed by atoms with Crippen molar-refractivity contribution in [2.75, 3.05) is 5.32 Å². The lowest BCUT2D eigenvalue weighted by atomic mass is 9.97. The van der Waals surface area contributed by atoms with Gasteiger partial charge in [-0.15, -0.1) is 0 Å². The van der Waals surface area contributed by atoms with Crippen LogP contribution in [0.5, 0.6) is 5.75 Å². The van der Waals surface area contributed by atoms with E-state index >= 15 is 0 Å². The Balaban J connectivity index is 2.04. The van der Waals surface area contributed by atoms with Crippen molar-refractivity contribution in [3.8, 4) is 28.0 Å². The van der Waals surface area contributed by atoms with Crippen LogP contribution in [0.1, 0.15) is 6.92 Å². The number of carbonyl (C=O) groups excluding carboxylic acids is 1. The van der Waals surface area contributed by atoms with Crippen molar-refractivity contribution >= 4 is 11.6 Å². The Morgan fingerprint density at radius 1 is 0.920 bits per heavy atom. The first-order valence-electron chi connectivity index (χ1n) is 7.61. The maximum absolute atomic E-state index is 14.2. The van der Waals surface area contributed by atoms with Gasteiger partial charge in [-0.3, -0.25) is 4.79 Å². The van der Waals surface area contributed by atoms with E-state index in [1.165, 1.54) is 31.2 Å². The third kappa shape index (κ3) is 3.50. The van der Waals surface area contributed by atoms with E-state index in [-0.39, 0.29) is 23.2 Å². The number of anilines is 1. The quantitative estimate of drug-likeness (QED) is 0.708. The van der Waals surface area contributed by atoms with Gasteiger partial charge >= 0.3 is 0 Å². The molecule has 0 saturated heterocycles. The zero-order chi connectivity index (χ0) is 18.0. The zero-order valence-electron chi connectivity index (χ0n) is 13.4. The number of carbonyl (C=O) groups is 1. The average Bonchev–Trinajstić information content (AvgIpc) is 2.58. The molecular formula is C20H15F2NO2. The molecular weight excluding hydrogens is 324 g/mol. The second-order valence-electron chi connectivity index (χ2n) is 5.58. The molecule has 0 spiro atoms. The van der Waals surface area contributed by atoms with Crippen molar-refractivity contribution in [1.82, 2.24) is 0 Å². The molecule has 0 aliphatic rings. The Kier molecular flexibility index (Phi) is 4.48. The molecule has 3 rings (SSSR count). The third-order valence-electron chi connectivity index (χ3n) is 3.78. The van der Waals surface area contributed by atoms with Crippen molar-refractivity contribution in [2.45, 2.75) is 6.92 Å². The first-order chi connectivity index (χ1) is 12.0. The van der Waals surface area contributed by atoms with Gasteiger partial charge < -0.3 is 10.4 Å². The Labute approximate surface area is 143 Å². The van der Waals surface area contributed by atoms with Crippen molar-refractivity contribution in [3.63, 3.8) is 0 Å². The van der Waals surface area contributed by atoms with Gasteiger partial charge in [0, 0.05) is 18.1 Å². The molecule has 0 aromatic heterocycles. The van der Waals surface area contributed by atoms with Crippen LogP contribution in [0.4, 0.5) is 14.5 Å². The fourth-order valence-corrected chi connectivity index (χ4v) is 2.61. The predicted octanol–water partition coefficient (Wildman–Crippen LogP) is 4.96. The van der Waals surface area contributed by atoms with Gasteiger partial charge in [0.15, 0.2) is 0 Å². The highest BCUT2D eigenvalue weighted by atomic mass is 19.1. The summed E-state index contributed by atoms with van der Waals surface area (Å²) in [5, 5.41) is 13.0. The number of phenols is 1. The minimum Gasteiger partial charge on any atom is -0.507 e. The van der Waals surface area contributed by atoms with E-state index in [1.807, 2.05) is 0 Å². The van der Waals surface area contributed by atoms with Gasteiger partial charge in [0.05, 0.1) is 5.69 Å². The van der Waals surface area contributed by atoms with Crippen LogP contribution in [0.25, 0.3) is 22.3 Å². The summed E-state index contributed by atoms with van der Waals surface area (Å²) >= 11 is 0. The molecule has 0 atom stereocenters. The highest BCUT2D eigenvalue weighted by Gasteiger charge is 2.13. The molecule has 3 aromatic rings. The number of amides is 1. The van der Waals surface area contributed by atoms with Crippen molar-refractivity contribution in [3.05, 3.63) is 72.3 Å². The Morgan fingerprint density at radius 2 is 1.52 bits per heavy atom. The lowest BCUT2D eigenvalue weighted by Gasteiger charge is -2.12. The lowest BCUT2D eigenvalue weighted by molar-refractivity contribution is -0.114. The zero-order valence-corrected chi connectivity index (χ0v) is 13.4. The first-order valence-corrected chi connectivity index (χ1v) is 7.61. The van der Waals surface area contributed by atoms with Crippen molar-refractivity contribution in [2.24, 2.45) is 0 Å². The molecule has 126 valence electrons. The number of phenolic OH excluding ortho intramolecular Hbond substituents is 1. The number of benzene rings is 3. The van der Waals surface area contributed by atoms with Crippen molar-refractivity contribution in [1.29, 1.82) is 0 Å². The molecule has 0 aliphatic carbocycles. The molecule has 1 amide bonds. The summed E-state index contributed by atoms with van der Waals surface area (Å²) in [6.45, 7) is 1.30. The summed E-state index contributed by atoms with van der Waals surface area (Å²) in [6.07, 6.45) is 0. The van der Waals surface area contributed by atoms with Crippen LogP contribution in [0.3, 0.4) is 0 Å². The minimum atomic E-state index is -0.598. The number of para-hydroxylation sites is 1. The van der Waals surface area contributed by atoms with E-state index in [0.717, 1.165) is 0 Å². The molecule has 5 heteroatoms. The number of rotatable bonds is 3. The van der Waals surface area contributed by atoms with E-state index in [1.54, 1.807) is 36.4 Å². The Hall–Kier alpha value is -3.21.